The van der Waals surface area contributed by atoms with Crippen LogP contribution in [0.5, 0.6) is 5.75 Å². The van der Waals surface area contributed by atoms with Crippen LogP contribution >= 0.6 is 27.5 Å². The third kappa shape index (κ3) is 3.68. The van der Waals surface area contributed by atoms with Crippen LogP contribution in [0, 0.1) is 5.82 Å². The Morgan fingerprint density at radius 3 is 2.87 bits per heavy atom. The van der Waals surface area contributed by atoms with Crippen LogP contribution in [0.1, 0.15) is 0 Å². The first kappa shape index (κ1) is 12.3. The van der Waals surface area contributed by atoms with E-state index < -0.39 is 17.2 Å². The number of carbonyl (C=O) groups is 1. The van der Waals surface area contributed by atoms with Gasteiger partial charge in [-0.1, -0.05) is 0 Å². The van der Waals surface area contributed by atoms with Crippen molar-refractivity contribution in [1.82, 2.24) is 0 Å². The first-order valence-corrected chi connectivity index (χ1v) is 5.18. The monoisotopic (exact) mass is 296 g/mol. The van der Waals surface area contributed by atoms with E-state index in [0.29, 0.717) is 5.75 Å². The number of hydrogen-bond donors (Lipinski definition) is 1. The molecule has 0 aromatic heterocycles. The highest BCUT2D eigenvalue weighted by Crippen LogP contribution is 2.21. The minimum Gasteiger partial charge on any atom is -0.491 e. The van der Waals surface area contributed by atoms with Gasteiger partial charge in [-0.05, 0) is 34.1 Å². The molecule has 1 N–H and O–H groups in total. The zero-order chi connectivity index (χ0) is 11.4. The lowest BCUT2D eigenvalue weighted by Crippen LogP contribution is -2.21. The standard InChI is InChI=1S/C9H7BrClFO3/c10-6-3-5(1-2-8(6)12)15-4-7(11)9(13)14/h1-3,7H,4H2,(H,13,14). The molecule has 0 saturated carbocycles. The van der Waals surface area contributed by atoms with E-state index in [-0.39, 0.29) is 11.1 Å². The number of hydrogen-bond acceptors (Lipinski definition) is 2. The quantitative estimate of drug-likeness (QED) is 0.869. The number of carboxylic acid groups (broad SMARTS) is 1. The Morgan fingerprint density at radius 2 is 2.33 bits per heavy atom. The summed E-state index contributed by atoms with van der Waals surface area (Å²) in [6, 6.07) is 4.01. The Kier molecular flexibility index (Phi) is 4.35. The molecule has 0 fully saturated rings. The number of aliphatic carboxylic acids is 1. The normalized spacial score (nSPS) is 12.2. The Balaban J connectivity index is 2.58. The summed E-state index contributed by atoms with van der Waals surface area (Å²) >= 11 is 8.40. The molecule has 6 heteroatoms. The van der Waals surface area contributed by atoms with Gasteiger partial charge in [-0.2, -0.15) is 0 Å². The van der Waals surface area contributed by atoms with Crippen LogP contribution in [0.15, 0.2) is 22.7 Å². The van der Waals surface area contributed by atoms with Gasteiger partial charge in [-0.25, -0.2) is 4.39 Å². The summed E-state index contributed by atoms with van der Waals surface area (Å²) < 4.78 is 18.1. The van der Waals surface area contributed by atoms with Crippen LogP contribution in [-0.2, 0) is 4.79 Å². The molecule has 1 aromatic carbocycles. The Labute approximate surface area is 98.9 Å². The number of benzene rings is 1. The van der Waals surface area contributed by atoms with Gasteiger partial charge in [-0.3, -0.25) is 4.79 Å². The van der Waals surface area contributed by atoms with Crippen molar-refractivity contribution in [1.29, 1.82) is 0 Å². The maximum absolute atomic E-state index is 12.8. The molecule has 1 atom stereocenters. The largest absolute Gasteiger partial charge is 0.491 e. The van der Waals surface area contributed by atoms with Gasteiger partial charge < -0.3 is 9.84 Å². The van der Waals surface area contributed by atoms with E-state index in [2.05, 4.69) is 15.9 Å². The summed E-state index contributed by atoms with van der Waals surface area (Å²) in [6.45, 7) is -0.172. The molecule has 0 aliphatic rings. The number of carboxylic acids is 1. The van der Waals surface area contributed by atoms with Gasteiger partial charge in [-0.15, -0.1) is 11.6 Å². The molecule has 1 unspecified atom stereocenters. The lowest BCUT2D eigenvalue weighted by atomic mass is 10.3. The minimum atomic E-state index is -1.15. The van der Waals surface area contributed by atoms with Gasteiger partial charge in [0.2, 0.25) is 0 Å². The van der Waals surface area contributed by atoms with E-state index in [9.17, 15) is 9.18 Å². The summed E-state index contributed by atoms with van der Waals surface area (Å²) in [7, 11) is 0. The molecule has 0 radical (unpaired) electrons. The van der Waals surface area contributed by atoms with Crippen molar-refractivity contribution < 1.29 is 19.0 Å². The van der Waals surface area contributed by atoms with Crippen LogP contribution in [0.4, 0.5) is 4.39 Å². The second kappa shape index (κ2) is 5.32. The molecule has 3 nitrogen and oxygen atoms in total. The van der Waals surface area contributed by atoms with Crippen LogP contribution in [0.25, 0.3) is 0 Å². The minimum absolute atomic E-state index is 0.172. The zero-order valence-electron chi connectivity index (χ0n) is 7.41. The maximum Gasteiger partial charge on any atom is 0.325 e. The molecule has 0 heterocycles. The van der Waals surface area contributed by atoms with Crippen LogP contribution in [0.3, 0.4) is 0 Å². The van der Waals surface area contributed by atoms with Crippen molar-refractivity contribution >= 4 is 33.5 Å². The Hall–Kier alpha value is -0.810. The summed E-state index contributed by atoms with van der Waals surface area (Å²) in [5, 5.41) is 7.36. The van der Waals surface area contributed by atoms with Crippen LogP contribution in [-0.4, -0.2) is 23.1 Å². The molecule has 0 spiro atoms. The summed E-state index contributed by atoms with van der Waals surface area (Å²) in [5.74, 6) is -1.21. The Morgan fingerprint density at radius 1 is 1.67 bits per heavy atom. The first-order chi connectivity index (χ1) is 7.00. The van der Waals surface area contributed by atoms with Crippen molar-refractivity contribution in [3.8, 4) is 5.75 Å². The molecule has 15 heavy (non-hydrogen) atoms. The molecule has 0 amide bonds. The zero-order valence-corrected chi connectivity index (χ0v) is 9.76. The first-order valence-electron chi connectivity index (χ1n) is 3.95. The van der Waals surface area contributed by atoms with Gasteiger partial charge >= 0.3 is 5.97 Å². The molecule has 1 rings (SSSR count). The topological polar surface area (TPSA) is 46.5 Å². The highest BCUT2D eigenvalue weighted by Gasteiger charge is 2.14. The van der Waals surface area contributed by atoms with Gasteiger partial charge in [0.05, 0.1) is 4.47 Å². The van der Waals surface area contributed by atoms with E-state index in [0.717, 1.165) is 0 Å². The third-order valence-electron chi connectivity index (χ3n) is 1.56. The second-order valence-corrected chi connectivity index (χ2v) is 4.07. The fourth-order valence-electron chi connectivity index (χ4n) is 0.807. The predicted molar refractivity (Wildman–Crippen MR) is 56.9 cm³/mol. The average molecular weight is 298 g/mol. The molecule has 0 saturated heterocycles. The van der Waals surface area contributed by atoms with Crippen LogP contribution in [0.2, 0.25) is 0 Å². The van der Waals surface area contributed by atoms with E-state index in [1.54, 1.807) is 0 Å². The summed E-state index contributed by atoms with van der Waals surface area (Å²) in [4.78, 5) is 10.4. The maximum atomic E-state index is 12.8. The lowest BCUT2D eigenvalue weighted by molar-refractivity contribution is -0.137. The number of alkyl halides is 1. The van der Waals surface area contributed by atoms with Gasteiger partial charge in [0.1, 0.15) is 18.2 Å². The second-order valence-electron chi connectivity index (χ2n) is 2.69. The van der Waals surface area contributed by atoms with E-state index in [1.165, 1.54) is 18.2 Å². The molecule has 82 valence electrons. The van der Waals surface area contributed by atoms with Crippen molar-refractivity contribution in [2.24, 2.45) is 0 Å². The van der Waals surface area contributed by atoms with E-state index in [4.69, 9.17) is 21.4 Å². The SMILES string of the molecule is O=C(O)C(Cl)COc1ccc(F)c(Br)c1. The molecule has 1 aromatic rings. The van der Waals surface area contributed by atoms with Crippen molar-refractivity contribution in [3.05, 3.63) is 28.5 Å². The molecular formula is C9H7BrClFO3. The van der Waals surface area contributed by atoms with Gasteiger partial charge in [0, 0.05) is 0 Å². The number of ether oxygens (including phenoxy) is 1. The molecular weight excluding hydrogens is 290 g/mol. The van der Waals surface area contributed by atoms with E-state index in [1.807, 2.05) is 0 Å². The highest BCUT2D eigenvalue weighted by atomic mass is 79.9. The predicted octanol–water partition coefficient (Wildman–Crippen LogP) is 2.66. The van der Waals surface area contributed by atoms with Crippen LogP contribution < -0.4 is 4.74 Å². The molecule has 0 aliphatic carbocycles. The van der Waals surface area contributed by atoms with Crippen molar-refractivity contribution in [3.63, 3.8) is 0 Å². The van der Waals surface area contributed by atoms with Crippen molar-refractivity contribution in [2.75, 3.05) is 6.61 Å². The van der Waals surface area contributed by atoms with E-state index >= 15 is 0 Å². The number of rotatable bonds is 4. The lowest BCUT2D eigenvalue weighted by Gasteiger charge is -2.08. The Bertz CT molecular complexity index is 372. The summed E-state index contributed by atoms with van der Waals surface area (Å²) in [5.41, 5.74) is 0. The fraction of sp³-hybridized carbons (Fsp3) is 0.222. The number of halogens is 3. The summed E-state index contributed by atoms with van der Waals surface area (Å²) in [6.07, 6.45) is 0. The average Bonchev–Trinajstić information content (AvgIpc) is 2.19. The van der Waals surface area contributed by atoms with Crippen molar-refractivity contribution in [2.45, 2.75) is 5.38 Å². The fourth-order valence-corrected chi connectivity index (χ4v) is 1.23. The van der Waals surface area contributed by atoms with Gasteiger partial charge in [0.15, 0.2) is 5.38 Å². The smallest absolute Gasteiger partial charge is 0.325 e. The molecule has 0 aliphatic heterocycles. The van der Waals surface area contributed by atoms with Gasteiger partial charge in [0.25, 0.3) is 0 Å². The third-order valence-corrected chi connectivity index (χ3v) is 2.48. The molecule has 0 bridgehead atoms. The highest BCUT2D eigenvalue weighted by molar-refractivity contribution is 9.10.